The van der Waals surface area contributed by atoms with Crippen LogP contribution in [0.25, 0.3) is 0 Å². The van der Waals surface area contributed by atoms with Crippen LogP contribution in [0, 0.1) is 0 Å². The fourth-order valence-corrected chi connectivity index (χ4v) is 2.59. The van der Waals surface area contributed by atoms with Gasteiger partial charge in [-0.1, -0.05) is 30.1 Å². The van der Waals surface area contributed by atoms with Crippen molar-refractivity contribution >= 4 is 29.0 Å². The second-order valence-electron chi connectivity index (χ2n) is 4.12. The van der Waals surface area contributed by atoms with Gasteiger partial charge in [-0.3, -0.25) is 14.3 Å². The standard InChI is InChI=1S/C13H12Cl2N2O2/c1-3-7-10(14)5-4-8(11(7)15)12(18)9-6-16-17(2)13(9)19/h4-6,16H,3H2,1-2H3. The third-order valence-electron chi connectivity index (χ3n) is 2.97. The molecule has 0 radical (unpaired) electrons. The van der Waals surface area contributed by atoms with E-state index in [1.807, 2.05) is 6.92 Å². The molecule has 0 aliphatic carbocycles. The quantitative estimate of drug-likeness (QED) is 0.886. The van der Waals surface area contributed by atoms with Crippen molar-refractivity contribution in [2.45, 2.75) is 13.3 Å². The van der Waals surface area contributed by atoms with Gasteiger partial charge in [0.15, 0.2) is 0 Å². The van der Waals surface area contributed by atoms with Crippen molar-refractivity contribution in [1.82, 2.24) is 9.78 Å². The summed E-state index contributed by atoms with van der Waals surface area (Å²) in [6, 6.07) is 3.16. The Morgan fingerprint density at radius 3 is 2.53 bits per heavy atom. The summed E-state index contributed by atoms with van der Waals surface area (Å²) < 4.78 is 1.23. The number of H-pyrrole nitrogens is 1. The van der Waals surface area contributed by atoms with Gasteiger partial charge in [0.1, 0.15) is 5.56 Å². The first-order valence-electron chi connectivity index (χ1n) is 5.73. The fourth-order valence-electron chi connectivity index (χ4n) is 1.87. The van der Waals surface area contributed by atoms with Gasteiger partial charge in [-0.25, -0.2) is 0 Å². The van der Waals surface area contributed by atoms with Crippen LogP contribution in [0.4, 0.5) is 0 Å². The van der Waals surface area contributed by atoms with E-state index < -0.39 is 5.78 Å². The number of ketones is 1. The van der Waals surface area contributed by atoms with Crippen molar-refractivity contribution < 1.29 is 4.79 Å². The van der Waals surface area contributed by atoms with Crippen LogP contribution >= 0.6 is 23.2 Å². The molecule has 0 saturated carbocycles. The van der Waals surface area contributed by atoms with Crippen LogP contribution < -0.4 is 5.56 Å². The summed E-state index contributed by atoms with van der Waals surface area (Å²) in [5.74, 6) is -0.404. The summed E-state index contributed by atoms with van der Waals surface area (Å²) >= 11 is 12.2. The van der Waals surface area contributed by atoms with Crippen molar-refractivity contribution in [3.8, 4) is 0 Å². The molecule has 1 aromatic carbocycles. The molecule has 2 aromatic rings. The first-order chi connectivity index (χ1) is 8.97. The summed E-state index contributed by atoms with van der Waals surface area (Å²) in [5, 5.41) is 3.49. The number of aromatic amines is 1. The minimum atomic E-state index is -0.404. The van der Waals surface area contributed by atoms with Crippen LogP contribution in [0.1, 0.15) is 28.4 Å². The van der Waals surface area contributed by atoms with Crippen molar-refractivity contribution in [1.29, 1.82) is 0 Å². The second kappa shape index (κ2) is 5.23. The summed E-state index contributed by atoms with van der Waals surface area (Å²) in [5.41, 5.74) is 0.684. The van der Waals surface area contributed by atoms with Gasteiger partial charge >= 0.3 is 0 Å². The molecule has 100 valence electrons. The van der Waals surface area contributed by atoms with Crippen LogP contribution in [-0.2, 0) is 13.5 Å². The molecular weight excluding hydrogens is 287 g/mol. The molecule has 0 unspecified atom stereocenters. The topological polar surface area (TPSA) is 54.9 Å². The number of nitrogens with zero attached hydrogens (tertiary/aromatic N) is 1. The van der Waals surface area contributed by atoms with Crippen LogP contribution in [0.15, 0.2) is 23.1 Å². The Labute approximate surface area is 119 Å². The predicted octanol–water partition coefficient (Wildman–Crippen LogP) is 2.81. The molecular formula is C13H12Cl2N2O2. The monoisotopic (exact) mass is 298 g/mol. The lowest BCUT2D eigenvalue weighted by Gasteiger charge is -2.08. The largest absolute Gasteiger partial charge is 0.302 e. The first kappa shape index (κ1) is 13.9. The summed E-state index contributed by atoms with van der Waals surface area (Å²) in [6.07, 6.45) is 1.99. The van der Waals surface area contributed by atoms with E-state index in [2.05, 4.69) is 5.10 Å². The smallest absolute Gasteiger partial charge is 0.277 e. The van der Waals surface area contributed by atoms with Gasteiger partial charge in [0.25, 0.3) is 5.56 Å². The highest BCUT2D eigenvalue weighted by Gasteiger charge is 2.20. The molecule has 0 bridgehead atoms. The normalized spacial score (nSPS) is 10.7. The average molecular weight is 299 g/mol. The molecule has 0 atom stereocenters. The maximum atomic E-state index is 12.3. The molecule has 0 amide bonds. The molecule has 0 spiro atoms. The lowest BCUT2D eigenvalue weighted by atomic mass is 10.0. The van der Waals surface area contributed by atoms with Gasteiger partial charge in [-0.2, -0.15) is 0 Å². The van der Waals surface area contributed by atoms with Crippen molar-refractivity contribution in [2.24, 2.45) is 7.05 Å². The van der Waals surface area contributed by atoms with E-state index in [9.17, 15) is 9.59 Å². The Bertz CT molecular complexity index is 701. The van der Waals surface area contributed by atoms with E-state index in [0.29, 0.717) is 27.6 Å². The van der Waals surface area contributed by atoms with E-state index in [0.717, 1.165) is 0 Å². The highest BCUT2D eigenvalue weighted by Crippen LogP contribution is 2.29. The summed E-state index contributed by atoms with van der Waals surface area (Å²) in [7, 11) is 1.54. The SMILES string of the molecule is CCc1c(Cl)ccc(C(=O)c2c[nH]n(C)c2=O)c1Cl. The summed E-state index contributed by atoms with van der Waals surface area (Å²) in [4.78, 5) is 24.1. The van der Waals surface area contributed by atoms with Crippen LogP contribution in [-0.4, -0.2) is 15.6 Å². The molecule has 1 N–H and O–H groups in total. The number of halogens is 2. The zero-order valence-electron chi connectivity index (χ0n) is 10.5. The van der Waals surface area contributed by atoms with Crippen LogP contribution in [0.5, 0.6) is 0 Å². The molecule has 1 aromatic heterocycles. The van der Waals surface area contributed by atoms with E-state index >= 15 is 0 Å². The third kappa shape index (κ3) is 2.33. The predicted molar refractivity (Wildman–Crippen MR) is 75.3 cm³/mol. The number of carbonyl (C=O) groups excluding carboxylic acids is 1. The second-order valence-corrected chi connectivity index (χ2v) is 4.91. The molecule has 0 fully saturated rings. The highest BCUT2D eigenvalue weighted by atomic mass is 35.5. The van der Waals surface area contributed by atoms with Gasteiger partial charge in [0, 0.05) is 23.8 Å². The molecule has 4 nitrogen and oxygen atoms in total. The molecule has 6 heteroatoms. The number of aromatic nitrogens is 2. The molecule has 19 heavy (non-hydrogen) atoms. The molecule has 2 rings (SSSR count). The van der Waals surface area contributed by atoms with Crippen molar-refractivity contribution in [3.05, 3.63) is 55.4 Å². The lowest BCUT2D eigenvalue weighted by Crippen LogP contribution is -2.19. The van der Waals surface area contributed by atoms with Gasteiger partial charge in [0.05, 0.1) is 5.02 Å². The number of carbonyl (C=O) groups is 1. The maximum Gasteiger partial charge on any atom is 0.277 e. The molecule has 1 heterocycles. The zero-order valence-corrected chi connectivity index (χ0v) is 12.0. The Morgan fingerprint density at radius 2 is 2.00 bits per heavy atom. The van der Waals surface area contributed by atoms with E-state index in [4.69, 9.17) is 23.2 Å². The van der Waals surface area contributed by atoms with E-state index in [1.165, 1.54) is 10.9 Å². The number of rotatable bonds is 3. The number of nitrogens with one attached hydrogen (secondary N) is 1. The molecule has 0 aliphatic rings. The Kier molecular flexibility index (Phi) is 3.83. The highest BCUT2D eigenvalue weighted by molar-refractivity contribution is 6.38. The number of benzene rings is 1. The van der Waals surface area contributed by atoms with Gasteiger partial charge < -0.3 is 5.10 Å². The summed E-state index contributed by atoms with van der Waals surface area (Å²) in [6.45, 7) is 1.90. The average Bonchev–Trinajstić information content (AvgIpc) is 2.70. The van der Waals surface area contributed by atoms with Gasteiger partial charge in [0.2, 0.25) is 5.78 Å². The molecule has 0 saturated heterocycles. The Balaban J connectivity index is 2.57. The maximum absolute atomic E-state index is 12.3. The number of hydrogen-bond donors (Lipinski definition) is 1. The number of hydrogen-bond acceptors (Lipinski definition) is 2. The van der Waals surface area contributed by atoms with E-state index in [1.54, 1.807) is 19.2 Å². The Hall–Kier alpha value is -1.52. The fraction of sp³-hybridized carbons (Fsp3) is 0.231. The minimum Gasteiger partial charge on any atom is -0.302 e. The van der Waals surface area contributed by atoms with Crippen molar-refractivity contribution in [2.75, 3.05) is 0 Å². The van der Waals surface area contributed by atoms with Crippen molar-refractivity contribution in [3.63, 3.8) is 0 Å². The van der Waals surface area contributed by atoms with Gasteiger partial charge in [-0.05, 0) is 24.1 Å². The first-order valence-corrected chi connectivity index (χ1v) is 6.49. The van der Waals surface area contributed by atoms with Crippen LogP contribution in [0.2, 0.25) is 10.0 Å². The zero-order chi connectivity index (χ0) is 14.2. The third-order valence-corrected chi connectivity index (χ3v) is 3.75. The van der Waals surface area contributed by atoms with E-state index in [-0.39, 0.29) is 11.1 Å². The minimum absolute atomic E-state index is 0.0637. The number of aryl methyl sites for hydroxylation is 1. The van der Waals surface area contributed by atoms with Gasteiger partial charge in [-0.15, -0.1) is 0 Å². The molecule has 0 aliphatic heterocycles. The lowest BCUT2D eigenvalue weighted by molar-refractivity contribution is 0.103. The Morgan fingerprint density at radius 1 is 1.32 bits per heavy atom. The van der Waals surface area contributed by atoms with Crippen LogP contribution in [0.3, 0.4) is 0 Å².